The van der Waals surface area contributed by atoms with Crippen LogP contribution >= 0.6 is 0 Å². The minimum Gasteiger partial charge on any atom is -0.471 e. The maximum atomic E-state index is 12.2. The standard InChI is InChI=1S/C14H18N4O4S/c1-10-7-13(19)16-14(15-10)18-5-2-3-11(8-18)17-23(20,21)12-4-6-22-9-12/h4,6-7,9,11,17H,2-3,5,8H2,1H3,(H,15,16,19). The van der Waals surface area contributed by atoms with Crippen molar-refractivity contribution >= 4 is 16.0 Å². The molecule has 1 atom stereocenters. The van der Waals surface area contributed by atoms with Crippen LogP contribution in [0, 0.1) is 6.92 Å². The lowest BCUT2D eigenvalue weighted by atomic mass is 10.1. The Hall–Kier alpha value is -2.13. The van der Waals surface area contributed by atoms with Crippen molar-refractivity contribution in [3.63, 3.8) is 0 Å². The maximum Gasteiger partial charge on any atom is 0.252 e. The molecule has 0 spiro atoms. The van der Waals surface area contributed by atoms with Crippen molar-refractivity contribution < 1.29 is 12.8 Å². The molecule has 0 radical (unpaired) electrons. The van der Waals surface area contributed by atoms with Crippen molar-refractivity contribution in [2.75, 3.05) is 18.0 Å². The molecular weight excluding hydrogens is 320 g/mol. The number of rotatable bonds is 4. The number of furan rings is 1. The number of piperidine rings is 1. The summed E-state index contributed by atoms with van der Waals surface area (Å²) in [6.07, 6.45) is 4.05. The lowest BCUT2D eigenvalue weighted by molar-refractivity contribution is 0.460. The molecule has 124 valence electrons. The fourth-order valence-corrected chi connectivity index (χ4v) is 3.86. The van der Waals surface area contributed by atoms with Crippen LogP contribution in [0.5, 0.6) is 0 Å². The molecule has 1 aliphatic heterocycles. The second-order valence-electron chi connectivity index (χ2n) is 5.58. The minimum atomic E-state index is -3.60. The molecule has 1 saturated heterocycles. The van der Waals surface area contributed by atoms with Crippen molar-refractivity contribution in [1.29, 1.82) is 0 Å². The van der Waals surface area contributed by atoms with Crippen LogP contribution < -0.4 is 15.2 Å². The van der Waals surface area contributed by atoms with Gasteiger partial charge in [0.1, 0.15) is 11.2 Å². The van der Waals surface area contributed by atoms with Crippen LogP contribution in [0.15, 0.2) is 38.8 Å². The third kappa shape index (κ3) is 3.62. The molecule has 0 aromatic carbocycles. The van der Waals surface area contributed by atoms with E-state index in [0.717, 1.165) is 19.4 Å². The number of hydrogen-bond donors (Lipinski definition) is 2. The second-order valence-corrected chi connectivity index (χ2v) is 7.29. The molecule has 1 fully saturated rings. The predicted octanol–water partition coefficient (Wildman–Crippen LogP) is 0.619. The largest absolute Gasteiger partial charge is 0.471 e. The van der Waals surface area contributed by atoms with E-state index in [-0.39, 0.29) is 16.5 Å². The highest BCUT2D eigenvalue weighted by Gasteiger charge is 2.26. The molecule has 3 rings (SSSR count). The molecule has 23 heavy (non-hydrogen) atoms. The molecule has 9 heteroatoms. The van der Waals surface area contributed by atoms with Gasteiger partial charge < -0.3 is 9.32 Å². The Balaban J connectivity index is 1.75. The number of nitrogens with one attached hydrogen (secondary N) is 2. The summed E-state index contributed by atoms with van der Waals surface area (Å²) in [6, 6.07) is 2.57. The average molecular weight is 338 g/mol. The van der Waals surface area contributed by atoms with Crippen LogP contribution in [-0.4, -0.2) is 37.5 Å². The van der Waals surface area contributed by atoms with Gasteiger partial charge in [0, 0.05) is 30.9 Å². The molecule has 3 heterocycles. The molecule has 2 aromatic rings. The zero-order chi connectivity index (χ0) is 16.4. The van der Waals surface area contributed by atoms with Crippen LogP contribution in [0.3, 0.4) is 0 Å². The van der Waals surface area contributed by atoms with Crippen LogP contribution in [0.25, 0.3) is 0 Å². The van der Waals surface area contributed by atoms with Crippen LogP contribution in [0.2, 0.25) is 0 Å². The third-order valence-corrected chi connectivity index (χ3v) is 5.20. The van der Waals surface area contributed by atoms with Crippen molar-refractivity contribution in [3.05, 3.63) is 40.7 Å². The molecule has 1 unspecified atom stereocenters. The van der Waals surface area contributed by atoms with E-state index in [0.29, 0.717) is 18.2 Å². The van der Waals surface area contributed by atoms with E-state index in [1.165, 1.54) is 24.7 Å². The first-order valence-corrected chi connectivity index (χ1v) is 8.80. The van der Waals surface area contributed by atoms with E-state index in [9.17, 15) is 13.2 Å². The van der Waals surface area contributed by atoms with E-state index in [1.54, 1.807) is 6.92 Å². The number of aryl methyl sites for hydroxylation is 1. The van der Waals surface area contributed by atoms with Gasteiger partial charge in [0.2, 0.25) is 16.0 Å². The Bertz CT molecular complexity index is 829. The summed E-state index contributed by atoms with van der Waals surface area (Å²) in [5, 5.41) is 0. The van der Waals surface area contributed by atoms with Gasteiger partial charge in [0.05, 0.1) is 6.26 Å². The van der Waals surface area contributed by atoms with Gasteiger partial charge in [-0.05, 0) is 25.8 Å². The fourth-order valence-electron chi connectivity index (χ4n) is 2.67. The minimum absolute atomic E-state index is 0.108. The van der Waals surface area contributed by atoms with E-state index >= 15 is 0 Å². The van der Waals surface area contributed by atoms with Crippen molar-refractivity contribution in [1.82, 2.24) is 14.7 Å². The van der Waals surface area contributed by atoms with E-state index in [2.05, 4.69) is 14.7 Å². The number of sulfonamides is 1. The molecule has 0 aliphatic carbocycles. The summed E-state index contributed by atoms with van der Waals surface area (Å²) in [7, 11) is -3.60. The van der Waals surface area contributed by atoms with Crippen molar-refractivity contribution in [3.8, 4) is 0 Å². The van der Waals surface area contributed by atoms with Gasteiger partial charge in [-0.3, -0.25) is 9.78 Å². The second kappa shape index (κ2) is 6.17. The molecule has 8 nitrogen and oxygen atoms in total. The zero-order valence-electron chi connectivity index (χ0n) is 12.7. The summed E-state index contributed by atoms with van der Waals surface area (Å²) in [5.74, 6) is 0.474. The molecular formula is C14H18N4O4S. The van der Waals surface area contributed by atoms with Crippen LogP contribution in [0.4, 0.5) is 5.95 Å². The Morgan fingerprint density at radius 1 is 1.48 bits per heavy atom. The third-order valence-electron chi connectivity index (χ3n) is 3.71. The summed E-state index contributed by atoms with van der Waals surface area (Å²) >= 11 is 0. The van der Waals surface area contributed by atoms with Gasteiger partial charge in [-0.25, -0.2) is 18.1 Å². The van der Waals surface area contributed by atoms with Crippen molar-refractivity contribution in [2.24, 2.45) is 0 Å². The Kier molecular flexibility index (Phi) is 4.22. The van der Waals surface area contributed by atoms with Gasteiger partial charge in [-0.2, -0.15) is 0 Å². The predicted molar refractivity (Wildman–Crippen MR) is 83.9 cm³/mol. The van der Waals surface area contributed by atoms with Gasteiger partial charge in [0.25, 0.3) is 5.56 Å². The molecule has 0 bridgehead atoms. The van der Waals surface area contributed by atoms with E-state index in [1.807, 2.05) is 4.90 Å². The number of H-pyrrole nitrogens is 1. The summed E-state index contributed by atoms with van der Waals surface area (Å²) in [6.45, 7) is 2.92. The van der Waals surface area contributed by atoms with Gasteiger partial charge in [-0.15, -0.1) is 0 Å². The number of nitrogens with zero attached hydrogens (tertiary/aromatic N) is 2. The normalized spacial score (nSPS) is 19.0. The first-order valence-electron chi connectivity index (χ1n) is 7.31. The highest BCUT2D eigenvalue weighted by molar-refractivity contribution is 7.89. The van der Waals surface area contributed by atoms with Crippen LogP contribution in [0.1, 0.15) is 18.5 Å². The smallest absolute Gasteiger partial charge is 0.252 e. The molecule has 0 amide bonds. The molecule has 2 aromatic heterocycles. The fraction of sp³-hybridized carbons (Fsp3) is 0.429. The quantitative estimate of drug-likeness (QED) is 0.846. The van der Waals surface area contributed by atoms with Gasteiger partial charge in [-0.1, -0.05) is 0 Å². The monoisotopic (exact) mass is 338 g/mol. The van der Waals surface area contributed by atoms with E-state index in [4.69, 9.17) is 4.42 Å². The summed E-state index contributed by atoms with van der Waals surface area (Å²) in [5.41, 5.74) is 0.415. The Morgan fingerprint density at radius 2 is 2.30 bits per heavy atom. The first-order chi connectivity index (χ1) is 10.9. The number of aromatic nitrogens is 2. The SMILES string of the molecule is Cc1cc(=O)[nH]c(N2CCCC(NS(=O)(=O)c3ccoc3)C2)n1. The number of anilines is 1. The topological polar surface area (TPSA) is 108 Å². The number of hydrogen-bond acceptors (Lipinski definition) is 6. The first kappa shape index (κ1) is 15.8. The van der Waals surface area contributed by atoms with Gasteiger partial charge >= 0.3 is 0 Å². The number of aromatic amines is 1. The maximum absolute atomic E-state index is 12.2. The zero-order valence-corrected chi connectivity index (χ0v) is 13.5. The van der Waals surface area contributed by atoms with Crippen LogP contribution in [-0.2, 0) is 10.0 Å². The van der Waals surface area contributed by atoms with Gasteiger partial charge in [0.15, 0.2) is 0 Å². The Labute approximate surface area is 133 Å². The molecule has 0 saturated carbocycles. The van der Waals surface area contributed by atoms with E-state index < -0.39 is 10.0 Å². The molecule has 1 aliphatic rings. The van der Waals surface area contributed by atoms with Crippen molar-refractivity contribution in [2.45, 2.75) is 30.7 Å². The average Bonchev–Trinajstić information content (AvgIpc) is 3.01. The highest BCUT2D eigenvalue weighted by atomic mass is 32.2. The Morgan fingerprint density at radius 3 is 3.00 bits per heavy atom. The highest BCUT2D eigenvalue weighted by Crippen LogP contribution is 2.17. The lowest BCUT2D eigenvalue weighted by Gasteiger charge is -2.33. The lowest BCUT2D eigenvalue weighted by Crippen LogP contribution is -2.48. The molecule has 2 N–H and O–H groups in total. The summed E-state index contributed by atoms with van der Waals surface area (Å²) in [4.78, 5) is 20.6. The summed E-state index contributed by atoms with van der Waals surface area (Å²) < 4.78 is 32.0.